The molecule has 0 spiro atoms. The summed E-state index contributed by atoms with van der Waals surface area (Å²) in [5.41, 5.74) is 2.74. The van der Waals surface area contributed by atoms with Crippen LogP contribution in [0.5, 0.6) is 0 Å². The molecule has 0 saturated carbocycles. The van der Waals surface area contributed by atoms with E-state index in [1.807, 2.05) is 31.2 Å². The van der Waals surface area contributed by atoms with E-state index in [-0.39, 0.29) is 12.2 Å². The second-order valence-corrected chi connectivity index (χ2v) is 7.73. The minimum Gasteiger partial charge on any atom is -0.320 e. The second-order valence-electron chi connectivity index (χ2n) is 6.89. The van der Waals surface area contributed by atoms with Crippen LogP contribution in [0.25, 0.3) is 11.0 Å². The molecule has 0 aliphatic carbocycles. The van der Waals surface area contributed by atoms with Crippen LogP contribution in [0.1, 0.15) is 21.6 Å². The predicted octanol–water partition coefficient (Wildman–Crippen LogP) is 5.31. The van der Waals surface area contributed by atoms with E-state index in [9.17, 15) is 9.59 Å². The van der Waals surface area contributed by atoms with E-state index in [4.69, 9.17) is 23.2 Å². The van der Waals surface area contributed by atoms with Crippen molar-refractivity contribution in [2.24, 2.45) is 0 Å². The lowest BCUT2D eigenvalue weighted by molar-refractivity contribution is 0.102. The Bertz CT molecular complexity index is 1330. The Morgan fingerprint density at radius 1 is 1.03 bits per heavy atom. The first-order valence-electron chi connectivity index (χ1n) is 9.24. The van der Waals surface area contributed by atoms with Gasteiger partial charge in [0.25, 0.3) is 11.5 Å². The molecule has 1 heterocycles. The van der Waals surface area contributed by atoms with E-state index < -0.39 is 11.5 Å². The van der Waals surface area contributed by atoms with E-state index in [0.29, 0.717) is 26.8 Å². The maximum absolute atomic E-state index is 13.2. The third kappa shape index (κ3) is 4.08. The van der Waals surface area contributed by atoms with E-state index in [0.717, 1.165) is 11.1 Å². The van der Waals surface area contributed by atoms with Gasteiger partial charge in [-0.1, -0.05) is 53.5 Å². The summed E-state index contributed by atoms with van der Waals surface area (Å²) in [6, 6.07) is 19.6. The first-order chi connectivity index (χ1) is 14.4. The van der Waals surface area contributed by atoms with Gasteiger partial charge in [-0.2, -0.15) is 0 Å². The van der Waals surface area contributed by atoms with Crippen molar-refractivity contribution in [2.45, 2.75) is 13.5 Å². The molecule has 0 aliphatic heterocycles. The number of nitrogens with one attached hydrogen (secondary N) is 1. The average Bonchev–Trinajstić information content (AvgIpc) is 2.72. The smallest absolute Gasteiger partial charge is 0.283 e. The number of fused-ring (bicyclic) bond motifs is 1. The van der Waals surface area contributed by atoms with Crippen molar-refractivity contribution in [1.82, 2.24) is 9.55 Å². The van der Waals surface area contributed by atoms with Crippen LogP contribution >= 0.6 is 23.2 Å². The molecule has 7 heteroatoms. The zero-order chi connectivity index (χ0) is 21.3. The summed E-state index contributed by atoms with van der Waals surface area (Å²) in [6.07, 6.45) is 0. The number of hydrogen-bond acceptors (Lipinski definition) is 3. The third-order valence-electron chi connectivity index (χ3n) is 4.73. The number of amides is 1. The van der Waals surface area contributed by atoms with Gasteiger partial charge >= 0.3 is 0 Å². The van der Waals surface area contributed by atoms with Gasteiger partial charge in [0.2, 0.25) is 0 Å². The van der Waals surface area contributed by atoms with E-state index in [1.165, 1.54) is 4.57 Å². The molecule has 1 aromatic heterocycles. The van der Waals surface area contributed by atoms with Gasteiger partial charge in [-0.05, 0) is 54.4 Å². The fourth-order valence-electron chi connectivity index (χ4n) is 3.18. The molecule has 30 heavy (non-hydrogen) atoms. The van der Waals surface area contributed by atoms with Gasteiger partial charge in [-0.25, -0.2) is 4.98 Å². The molecule has 0 saturated heterocycles. The van der Waals surface area contributed by atoms with Crippen molar-refractivity contribution in [1.29, 1.82) is 0 Å². The Labute approximate surface area is 182 Å². The Morgan fingerprint density at radius 2 is 1.83 bits per heavy atom. The number of aryl methyl sites for hydroxylation is 1. The van der Waals surface area contributed by atoms with Crippen LogP contribution < -0.4 is 10.9 Å². The van der Waals surface area contributed by atoms with Gasteiger partial charge in [-0.3, -0.25) is 9.59 Å². The van der Waals surface area contributed by atoms with Gasteiger partial charge in [0.1, 0.15) is 0 Å². The van der Waals surface area contributed by atoms with Crippen molar-refractivity contribution < 1.29 is 4.79 Å². The number of benzene rings is 3. The standard InChI is InChI=1S/C23H17Cl2N3O2/c1-14-9-10-17(12-18(14)25)26-22(29)21-23(30)28(13-15-5-4-6-16(24)11-15)20-8-3-2-7-19(20)27-21/h2-12H,13H2,1H3,(H,26,29). The zero-order valence-corrected chi connectivity index (χ0v) is 17.5. The fourth-order valence-corrected chi connectivity index (χ4v) is 3.57. The van der Waals surface area contributed by atoms with Crippen LogP contribution in [0.2, 0.25) is 10.0 Å². The van der Waals surface area contributed by atoms with Gasteiger partial charge in [0.05, 0.1) is 17.6 Å². The normalized spacial score (nSPS) is 10.9. The summed E-state index contributed by atoms with van der Waals surface area (Å²) in [5.74, 6) is -0.592. The van der Waals surface area contributed by atoms with Crippen LogP contribution in [0.3, 0.4) is 0 Å². The van der Waals surface area contributed by atoms with E-state index in [1.54, 1.807) is 42.5 Å². The molecule has 0 atom stereocenters. The number of carbonyl (C=O) groups is 1. The number of carbonyl (C=O) groups excluding carboxylic acids is 1. The molecular formula is C23H17Cl2N3O2. The minimum absolute atomic E-state index is 0.188. The monoisotopic (exact) mass is 437 g/mol. The number of hydrogen-bond donors (Lipinski definition) is 1. The number of aromatic nitrogens is 2. The molecule has 5 nitrogen and oxygen atoms in total. The lowest BCUT2D eigenvalue weighted by Gasteiger charge is -2.13. The molecule has 0 radical (unpaired) electrons. The zero-order valence-electron chi connectivity index (χ0n) is 16.0. The number of rotatable bonds is 4. The van der Waals surface area contributed by atoms with Crippen molar-refractivity contribution in [3.8, 4) is 0 Å². The molecule has 0 bridgehead atoms. The first kappa shape index (κ1) is 20.1. The number of halogens is 2. The summed E-state index contributed by atoms with van der Waals surface area (Å²) in [6.45, 7) is 2.13. The predicted molar refractivity (Wildman–Crippen MR) is 121 cm³/mol. The summed E-state index contributed by atoms with van der Waals surface area (Å²) in [7, 11) is 0. The van der Waals surface area contributed by atoms with Crippen LogP contribution in [0.4, 0.5) is 5.69 Å². The highest BCUT2D eigenvalue weighted by Crippen LogP contribution is 2.20. The molecule has 0 unspecified atom stereocenters. The number of nitrogens with zero attached hydrogens (tertiary/aromatic N) is 2. The first-order valence-corrected chi connectivity index (χ1v) is 9.99. The molecule has 0 aliphatic rings. The third-order valence-corrected chi connectivity index (χ3v) is 5.37. The van der Waals surface area contributed by atoms with Crippen molar-refractivity contribution in [3.05, 3.63) is 104 Å². The molecule has 4 aromatic rings. The van der Waals surface area contributed by atoms with E-state index in [2.05, 4.69) is 10.3 Å². The maximum Gasteiger partial charge on any atom is 0.283 e. The Kier molecular flexibility index (Phi) is 5.57. The highest BCUT2D eigenvalue weighted by molar-refractivity contribution is 6.31. The average molecular weight is 438 g/mol. The summed E-state index contributed by atoms with van der Waals surface area (Å²) in [5, 5.41) is 3.81. The Morgan fingerprint density at radius 3 is 2.60 bits per heavy atom. The van der Waals surface area contributed by atoms with Crippen LogP contribution in [0, 0.1) is 6.92 Å². The van der Waals surface area contributed by atoms with Gasteiger partial charge in [0.15, 0.2) is 5.69 Å². The van der Waals surface area contributed by atoms with Gasteiger partial charge < -0.3 is 9.88 Å². The lowest BCUT2D eigenvalue weighted by atomic mass is 10.2. The number of anilines is 1. The van der Waals surface area contributed by atoms with Crippen molar-refractivity contribution in [3.63, 3.8) is 0 Å². The molecule has 0 fully saturated rings. The second kappa shape index (κ2) is 8.30. The minimum atomic E-state index is -0.592. The highest BCUT2D eigenvalue weighted by Gasteiger charge is 2.18. The lowest BCUT2D eigenvalue weighted by Crippen LogP contribution is -2.31. The highest BCUT2D eigenvalue weighted by atomic mass is 35.5. The van der Waals surface area contributed by atoms with Crippen molar-refractivity contribution >= 4 is 45.8 Å². The molecule has 3 aromatic carbocycles. The quantitative estimate of drug-likeness (QED) is 0.470. The van der Waals surface area contributed by atoms with Crippen LogP contribution in [0.15, 0.2) is 71.5 Å². The maximum atomic E-state index is 13.2. The van der Waals surface area contributed by atoms with E-state index >= 15 is 0 Å². The summed E-state index contributed by atoms with van der Waals surface area (Å²) in [4.78, 5) is 30.4. The van der Waals surface area contributed by atoms with Gasteiger partial charge in [-0.15, -0.1) is 0 Å². The topological polar surface area (TPSA) is 64.0 Å². The fraction of sp³-hybridized carbons (Fsp3) is 0.0870. The molecular weight excluding hydrogens is 421 g/mol. The van der Waals surface area contributed by atoms with Crippen LogP contribution in [-0.4, -0.2) is 15.5 Å². The Hall–Kier alpha value is -3.15. The van der Waals surface area contributed by atoms with Crippen LogP contribution in [-0.2, 0) is 6.54 Å². The van der Waals surface area contributed by atoms with Gasteiger partial charge in [0, 0.05) is 15.7 Å². The SMILES string of the molecule is Cc1ccc(NC(=O)c2nc3ccccc3n(Cc3cccc(Cl)c3)c2=O)cc1Cl. The summed E-state index contributed by atoms with van der Waals surface area (Å²) >= 11 is 12.2. The largest absolute Gasteiger partial charge is 0.320 e. The molecule has 150 valence electrons. The molecule has 1 N–H and O–H groups in total. The van der Waals surface area contributed by atoms with Crippen molar-refractivity contribution in [2.75, 3.05) is 5.32 Å². The summed E-state index contributed by atoms with van der Waals surface area (Å²) < 4.78 is 1.53. The number of para-hydroxylation sites is 2. The molecule has 1 amide bonds. The molecule has 4 rings (SSSR count). The Balaban J connectivity index is 1.78.